The molecule has 0 unspecified atom stereocenters. The summed E-state index contributed by atoms with van der Waals surface area (Å²) in [6.07, 6.45) is 1.32. The summed E-state index contributed by atoms with van der Waals surface area (Å²) in [5.74, 6) is 0.0226. The van der Waals surface area contributed by atoms with E-state index < -0.39 is 4.92 Å². The van der Waals surface area contributed by atoms with E-state index in [4.69, 9.17) is 0 Å². The first-order chi connectivity index (χ1) is 6.50. The molecule has 1 N–H and O–H groups in total. The minimum atomic E-state index is -0.500. The molecule has 0 heterocycles. The van der Waals surface area contributed by atoms with Gasteiger partial charge in [0.05, 0.1) is 4.92 Å². The lowest BCUT2D eigenvalue weighted by Crippen LogP contribution is -1.93. The molecule has 0 amide bonds. The highest BCUT2D eigenvalue weighted by atomic mass is 79.9. The Morgan fingerprint density at radius 2 is 2.29 bits per heavy atom. The van der Waals surface area contributed by atoms with Crippen LogP contribution >= 0.6 is 15.9 Å². The van der Waals surface area contributed by atoms with Gasteiger partial charge in [-0.25, -0.2) is 0 Å². The first kappa shape index (κ1) is 10.7. The zero-order chi connectivity index (χ0) is 10.7. The van der Waals surface area contributed by atoms with Crippen LogP contribution in [0.5, 0.6) is 5.75 Å². The molecule has 14 heavy (non-hydrogen) atoms. The third-order valence-corrected chi connectivity index (χ3v) is 2.14. The van der Waals surface area contributed by atoms with Crippen molar-refractivity contribution in [2.75, 3.05) is 0 Å². The largest absolute Gasteiger partial charge is 0.507 e. The number of phenolic OH excluding ortho intramolecular Hbond substituents is 1. The molecular weight excluding hydrogens is 250 g/mol. The van der Waals surface area contributed by atoms with Gasteiger partial charge in [-0.15, -0.1) is 0 Å². The predicted octanol–water partition coefficient (Wildman–Crippen LogP) is 2.79. The number of nitro groups is 1. The molecule has 74 valence electrons. The van der Waals surface area contributed by atoms with Gasteiger partial charge in [-0.3, -0.25) is 10.1 Å². The van der Waals surface area contributed by atoms with Gasteiger partial charge < -0.3 is 5.11 Å². The van der Waals surface area contributed by atoms with Gasteiger partial charge in [0, 0.05) is 23.0 Å². The van der Waals surface area contributed by atoms with E-state index >= 15 is 0 Å². The molecule has 0 saturated heterocycles. The molecule has 0 spiro atoms. The molecule has 0 aromatic heterocycles. The molecule has 0 aliphatic heterocycles. The maximum Gasteiger partial charge on any atom is 0.243 e. The second-order valence-corrected chi connectivity index (χ2v) is 3.66. The van der Waals surface area contributed by atoms with Crippen LogP contribution in [0.1, 0.15) is 12.5 Å². The molecule has 0 radical (unpaired) electrons. The Kier molecular flexibility index (Phi) is 3.24. The second-order valence-electron chi connectivity index (χ2n) is 2.75. The fraction of sp³-hybridized carbons (Fsp3) is 0.111. The number of halogens is 1. The fourth-order valence-electron chi connectivity index (χ4n) is 0.919. The van der Waals surface area contributed by atoms with Gasteiger partial charge in [0.2, 0.25) is 5.70 Å². The molecule has 1 aromatic rings. The molecule has 5 heteroatoms. The lowest BCUT2D eigenvalue weighted by atomic mass is 10.2. The number of rotatable bonds is 2. The second kappa shape index (κ2) is 4.23. The first-order valence-electron chi connectivity index (χ1n) is 3.82. The minimum Gasteiger partial charge on any atom is -0.507 e. The van der Waals surface area contributed by atoms with Crippen LogP contribution in [-0.2, 0) is 0 Å². The van der Waals surface area contributed by atoms with Gasteiger partial charge in [-0.1, -0.05) is 15.9 Å². The lowest BCUT2D eigenvalue weighted by molar-refractivity contribution is -0.422. The smallest absolute Gasteiger partial charge is 0.243 e. The van der Waals surface area contributed by atoms with Crippen molar-refractivity contribution in [3.05, 3.63) is 44.0 Å². The van der Waals surface area contributed by atoms with Crippen LogP contribution in [0.4, 0.5) is 0 Å². The molecule has 0 atom stereocenters. The predicted molar refractivity (Wildman–Crippen MR) is 56.5 cm³/mol. The maximum atomic E-state index is 10.3. The Bertz CT molecular complexity index is 401. The fourth-order valence-corrected chi connectivity index (χ4v) is 1.30. The van der Waals surface area contributed by atoms with Gasteiger partial charge in [0.15, 0.2) is 0 Å². The average molecular weight is 258 g/mol. The van der Waals surface area contributed by atoms with E-state index in [1.807, 2.05) is 0 Å². The monoisotopic (exact) mass is 257 g/mol. The molecule has 0 bridgehead atoms. The topological polar surface area (TPSA) is 63.4 Å². The Morgan fingerprint density at radius 1 is 1.64 bits per heavy atom. The van der Waals surface area contributed by atoms with Crippen molar-refractivity contribution in [1.29, 1.82) is 0 Å². The zero-order valence-electron chi connectivity index (χ0n) is 7.40. The third-order valence-electron chi connectivity index (χ3n) is 1.64. The summed E-state index contributed by atoms with van der Waals surface area (Å²) in [4.78, 5) is 9.84. The summed E-state index contributed by atoms with van der Waals surface area (Å²) in [5, 5.41) is 19.7. The van der Waals surface area contributed by atoms with Crippen LogP contribution in [0.25, 0.3) is 6.08 Å². The summed E-state index contributed by atoms with van der Waals surface area (Å²) in [6, 6.07) is 4.75. The highest BCUT2D eigenvalue weighted by Gasteiger charge is 2.05. The number of hydrogen-bond acceptors (Lipinski definition) is 3. The molecule has 0 aliphatic carbocycles. The molecule has 1 aromatic carbocycles. The summed E-state index contributed by atoms with van der Waals surface area (Å²) in [5.41, 5.74) is 0.409. The van der Waals surface area contributed by atoms with Crippen molar-refractivity contribution < 1.29 is 10.0 Å². The van der Waals surface area contributed by atoms with Crippen LogP contribution < -0.4 is 0 Å². The Balaban J connectivity index is 3.13. The number of benzene rings is 1. The summed E-state index contributed by atoms with van der Waals surface area (Å²) in [6.45, 7) is 1.38. The van der Waals surface area contributed by atoms with Crippen LogP contribution in [-0.4, -0.2) is 10.0 Å². The summed E-state index contributed by atoms with van der Waals surface area (Å²) < 4.78 is 0.762. The van der Waals surface area contributed by atoms with Crippen molar-refractivity contribution in [3.8, 4) is 5.75 Å². The lowest BCUT2D eigenvalue weighted by Gasteiger charge is -1.99. The Morgan fingerprint density at radius 3 is 2.86 bits per heavy atom. The molecule has 0 saturated carbocycles. The van der Waals surface area contributed by atoms with Crippen LogP contribution in [0.15, 0.2) is 28.4 Å². The van der Waals surface area contributed by atoms with Crippen molar-refractivity contribution in [2.24, 2.45) is 0 Å². The van der Waals surface area contributed by atoms with E-state index in [9.17, 15) is 15.2 Å². The SMILES string of the molecule is C/C(=C/c1cc(Br)ccc1O)[N+](=O)[O-]. The van der Waals surface area contributed by atoms with Crippen molar-refractivity contribution >= 4 is 22.0 Å². The van der Waals surface area contributed by atoms with Crippen molar-refractivity contribution in [2.45, 2.75) is 6.92 Å². The molecule has 0 fully saturated rings. The number of nitrogens with zero attached hydrogens (tertiary/aromatic N) is 1. The van der Waals surface area contributed by atoms with Crippen LogP contribution in [0.2, 0.25) is 0 Å². The average Bonchev–Trinajstić information content (AvgIpc) is 2.11. The number of allylic oxidation sites excluding steroid dienone is 1. The van der Waals surface area contributed by atoms with Gasteiger partial charge >= 0.3 is 0 Å². The van der Waals surface area contributed by atoms with Crippen LogP contribution in [0.3, 0.4) is 0 Å². The normalized spacial score (nSPS) is 11.4. The molecular formula is C9H8BrNO3. The quantitative estimate of drug-likeness (QED) is 0.655. The van der Waals surface area contributed by atoms with E-state index in [2.05, 4.69) is 15.9 Å². The molecule has 1 rings (SSSR count). The van der Waals surface area contributed by atoms with Gasteiger partial charge in [0.25, 0.3) is 0 Å². The van der Waals surface area contributed by atoms with E-state index in [0.717, 1.165) is 4.47 Å². The van der Waals surface area contributed by atoms with Gasteiger partial charge in [-0.2, -0.15) is 0 Å². The standard InChI is InChI=1S/C9H8BrNO3/c1-6(11(13)14)4-7-5-8(10)2-3-9(7)12/h2-5,12H,1H3/b6-4-. The van der Waals surface area contributed by atoms with Gasteiger partial charge in [-0.05, 0) is 18.2 Å². The first-order valence-corrected chi connectivity index (χ1v) is 4.61. The summed E-state index contributed by atoms with van der Waals surface area (Å²) >= 11 is 3.21. The van der Waals surface area contributed by atoms with Crippen molar-refractivity contribution in [3.63, 3.8) is 0 Å². The summed E-state index contributed by atoms with van der Waals surface area (Å²) in [7, 11) is 0. The zero-order valence-corrected chi connectivity index (χ0v) is 8.98. The van der Waals surface area contributed by atoms with Crippen LogP contribution in [0, 0.1) is 10.1 Å². The molecule has 0 aliphatic rings. The van der Waals surface area contributed by atoms with E-state index in [0.29, 0.717) is 5.56 Å². The highest BCUT2D eigenvalue weighted by molar-refractivity contribution is 9.10. The Hall–Kier alpha value is -1.36. The number of aromatic hydroxyl groups is 1. The van der Waals surface area contributed by atoms with Crippen molar-refractivity contribution in [1.82, 2.24) is 0 Å². The molecule has 4 nitrogen and oxygen atoms in total. The maximum absolute atomic E-state index is 10.3. The van der Waals surface area contributed by atoms with E-state index in [-0.39, 0.29) is 11.4 Å². The Labute approximate surface area is 89.2 Å². The highest BCUT2D eigenvalue weighted by Crippen LogP contribution is 2.24. The van der Waals surface area contributed by atoms with E-state index in [1.165, 1.54) is 19.1 Å². The number of phenols is 1. The number of hydrogen-bond donors (Lipinski definition) is 1. The van der Waals surface area contributed by atoms with Gasteiger partial charge in [0.1, 0.15) is 5.75 Å². The minimum absolute atomic E-state index is 0.0154. The van der Waals surface area contributed by atoms with E-state index in [1.54, 1.807) is 12.1 Å². The third kappa shape index (κ3) is 2.56.